The number of fused-ring (bicyclic) bond motifs is 1. The van der Waals surface area contributed by atoms with Crippen LogP contribution in [0, 0.1) is 28.4 Å². The zero-order valence-electron chi connectivity index (χ0n) is 16.6. The van der Waals surface area contributed by atoms with Gasteiger partial charge in [-0.15, -0.1) is 0 Å². The SMILES string of the molecule is COCc1cc(C)n(CC(=O)N/N=C\c2cc3c(cc2[N+](=O)[O-])OCO3)c(=O)c1C#N. The Morgan fingerprint density at radius 2 is 2.13 bits per heavy atom. The minimum atomic E-state index is -0.659. The first-order chi connectivity index (χ1) is 14.8. The zero-order chi connectivity index (χ0) is 22.5. The molecule has 0 atom stereocenters. The Hall–Kier alpha value is -4.24. The highest BCUT2D eigenvalue weighted by Gasteiger charge is 2.22. The van der Waals surface area contributed by atoms with Gasteiger partial charge in [-0.3, -0.25) is 19.7 Å². The first-order valence-corrected chi connectivity index (χ1v) is 8.88. The maximum atomic E-state index is 12.5. The number of nitrogens with zero attached hydrogens (tertiary/aromatic N) is 4. The quantitative estimate of drug-likeness (QED) is 0.389. The van der Waals surface area contributed by atoms with E-state index in [1.54, 1.807) is 13.0 Å². The molecule has 1 aromatic heterocycles. The van der Waals surface area contributed by atoms with Crippen LogP contribution in [-0.4, -0.2) is 35.5 Å². The minimum Gasteiger partial charge on any atom is -0.454 e. The lowest BCUT2D eigenvalue weighted by atomic mass is 10.1. The van der Waals surface area contributed by atoms with Gasteiger partial charge >= 0.3 is 0 Å². The molecule has 0 saturated carbocycles. The summed E-state index contributed by atoms with van der Waals surface area (Å²) < 4.78 is 16.4. The third-order valence-electron chi connectivity index (χ3n) is 4.41. The molecule has 0 unspecified atom stereocenters. The van der Waals surface area contributed by atoms with Crippen molar-refractivity contribution >= 4 is 17.8 Å². The number of carbonyl (C=O) groups excluding carboxylic acids is 1. The lowest BCUT2D eigenvalue weighted by Gasteiger charge is -2.12. The van der Waals surface area contributed by atoms with Crippen LogP contribution < -0.4 is 20.5 Å². The average Bonchev–Trinajstić information content (AvgIpc) is 3.18. The molecule has 2 heterocycles. The van der Waals surface area contributed by atoms with Crippen molar-refractivity contribution in [1.82, 2.24) is 9.99 Å². The van der Waals surface area contributed by atoms with Crippen LogP contribution in [0.4, 0.5) is 5.69 Å². The lowest BCUT2D eigenvalue weighted by molar-refractivity contribution is -0.385. The van der Waals surface area contributed by atoms with E-state index >= 15 is 0 Å². The van der Waals surface area contributed by atoms with Crippen LogP contribution >= 0.6 is 0 Å². The summed E-state index contributed by atoms with van der Waals surface area (Å²) in [6.45, 7) is 1.26. The number of hydrazone groups is 1. The molecular weight excluding hydrogens is 410 g/mol. The van der Waals surface area contributed by atoms with Crippen molar-refractivity contribution in [2.75, 3.05) is 13.9 Å². The number of nitro groups is 1. The number of nitriles is 1. The number of carbonyl (C=O) groups is 1. The Morgan fingerprint density at radius 1 is 1.42 bits per heavy atom. The van der Waals surface area contributed by atoms with E-state index in [-0.39, 0.29) is 36.0 Å². The molecule has 0 fully saturated rings. The summed E-state index contributed by atoms with van der Waals surface area (Å²) in [5.74, 6) is -0.0954. The number of ether oxygens (including phenoxy) is 3. The van der Waals surface area contributed by atoms with Crippen molar-refractivity contribution in [3.05, 3.63) is 61.1 Å². The molecule has 12 nitrogen and oxygen atoms in total. The van der Waals surface area contributed by atoms with Crippen molar-refractivity contribution in [1.29, 1.82) is 5.26 Å². The normalized spacial score (nSPS) is 12.0. The molecule has 1 aliphatic rings. The number of pyridine rings is 1. The van der Waals surface area contributed by atoms with Gasteiger partial charge in [-0.25, -0.2) is 5.43 Å². The summed E-state index contributed by atoms with van der Waals surface area (Å²) in [6, 6.07) is 6.01. The van der Waals surface area contributed by atoms with Gasteiger partial charge in [0.05, 0.1) is 29.4 Å². The Labute approximate surface area is 175 Å². The van der Waals surface area contributed by atoms with Gasteiger partial charge in [0.1, 0.15) is 18.2 Å². The van der Waals surface area contributed by atoms with E-state index in [9.17, 15) is 25.0 Å². The van der Waals surface area contributed by atoms with Crippen molar-refractivity contribution in [2.45, 2.75) is 20.1 Å². The maximum absolute atomic E-state index is 12.5. The fourth-order valence-electron chi connectivity index (χ4n) is 2.98. The second kappa shape index (κ2) is 9.06. The van der Waals surface area contributed by atoms with Crippen molar-refractivity contribution in [3.8, 4) is 17.6 Å². The monoisotopic (exact) mass is 427 g/mol. The molecule has 0 bridgehead atoms. The summed E-state index contributed by atoms with van der Waals surface area (Å²) in [6.07, 6.45) is 1.09. The van der Waals surface area contributed by atoms with Gasteiger partial charge in [-0.1, -0.05) is 0 Å². The van der Waals surface area contributed by atoms with Gasteiger partial charge in [0.2, 0.25) is 6.79 Å². The number of rotatable bonds is 7. The molecule has 0 radical (unpaired) electrons. The second-order valence-corrected chi connectivity index (χ2v) is 6.44. The smallest absolute Gasteiger partial charge is 0.282 e. The fourth-order valence-corrected chi connectivity index (χ4v) is 2.98. The van der Waals surface area contributed by atoms with Crippen molar-refractivity contribution < 1.29 is 23.9 Å². The number of benzene rings is 1. The van der Waals surface area contributed by atoms with Gasteiger partial charge in [0, 0.05) is 18.4 Å². The van der Waals surface area contributed by atoms with Gasteiger partial charge in [0.15, 0.2) is 11.5 Å². The number of aromatic nitrogens is 1. The van der Waals surface area contributed by atoms with Crippen molar-refractivity contribution in [2.24, 2.45) is 5.10 Å². The predicted molar refractivity (Wildman–Crippen MR) is 106 cm³/mol. The number of hydrogen-bond donors (Lipinski definition) is 1. The number of aryl methyl sites for hydroxylation is 1. The van der Waals surface area contributed by atoms with Crippen LogP contribution in [0.1, 0.15) is 22.4 Å². The summed E-state index contributed by atoms with van der Waals surface area (Å²) in [4.78, 5) is 35.4. The van der Waals surface area contributed by atoms with E-state index in [0.717, 1.165) is 10.8 Å². The number of hydrogen-bond acceptors (Lipinski definition) is 9. The number of methoxy groups -OCH3 is 1. The third-order valence-corrected chi connectivity index (χ3v) is 4.41. The summed E-state index contributed by atoms with van der Waals surface area (Å²) in [7, 11) is 1.44. The minimum absolute atomic E-state index is 0.0498. The van der Waals surface area contributed by atoms with E-state index < -0.39 is 22.9 Å². The Balaban J connectivity index is 1.77. The van der Waals surface area contributed by atoms with Gasteiger partial charge in [-0.05, 0) is 19.1 Å². The van der Waals surface area contributed by atoms with Gasteiger partial charge < -0.3 is 18.8 Å². The first kappa shape index (κ1) is 21.5. The topological polar surface area (TPSA) is 158 Å². The summed E-state index contributed by atoms with van der Waals surface area (Å²) in [5, 5.41) is 24.2. The largest absolute Gasteiger partial charge is 0.454 e. The van der Waals surface area contributed by atoms with Crippen LogP contribution in [0.25, 0.3) is 0 Å². The van der Waals surface area contributed by atoms with E-state index in [1.165, 1.54) is 19.2 Å². The first-order valence-electron chi connectivity index (χ1n) is 8.88. The molecule has 1 N–H and O–H groups in total. The van der Waals surface area contributed by atoms with Crippen LogP contribution in [-0.2, 0) is 22.7 Å². The molecule has 1 aromatic carbocycles. The molecule has 1 aliphatic heterocycles. The second-order valence-electron chi connectivity index (χ2n) is 6.44. The highest BCUT2D eigenvalue weighted by Crippen LogP contribution is 2.37. The van der Waals surface area contributed by atoms with Crippen LogP contribution in [0.15, 0.2) is 28.1 Å². The predicted octanol–water partition coefficient (Wildman–Crippen LogP) is 0.962. The highest BCUT2D eigenvalue weighted by atomic mass is 16.7. The Bertz CT molecular complexity index is 1180. The lowest BCUT2D eigenvalue weighted by Crippen LogP contribution is -2.33. The van der Waals surface area contributed by atoms with E-state index in [0.29, 0.717) is 17.0 Å². The maximum Gasteiger partial charge on any atom is 0.282 e. The molecular formula is C19H17N5O7. The molecule has 12 heteroatoms. The molecule has 2 aromatic rings. The van der Waals surface area contributed by atoms with Crippen LogP contribution in [0.2, 0.25) is 0 Å². The van der Waals surface area contributed by atoms with Gasteiger partial charge in [-0.2, -0.15) is 10.4 Å². The highest BCUT2D eigenvalue weighted by molar-refractivity contribution is 5.88. The number of nitro benzene ring substituents is 1. The van der Waals surface area contributed by atoms with Crippen LogP contribution in [0.5, 0.6) is 11.5 Å². The van der Waals surface area contributed by atoms with Gasteiger partial charge in [0.25, 0.3) is 17.2 Å². The molecule has 0 spiro atoms. The van der Waals surface area contributed by atoms with Crippen LogP contribution in [0.3, 0.4) is 0 Å². The number of amides is 1. The van der Waals surface area contributed by atoms with E-state index in [2.05, 4.69) is 10.5 Å². The fraction of sp³-hybridized carbons (Fsp3) is 0.263. The molecule has 160 valence electrons. The van der Waals surface area contributed by atoms with E-state index in [1.807, 2.05) is 6.07 Å². The molecule has 0 aliphatic carbocycles. The molecule has 1 amide bonds. The molecule has 3 rings (SSSR count). The number of nitrogens with one attached hydrogen (secondary N) is 1. The Kier molecular flexibility index (Phi) is 6.27. The average molecular weight is 427 g/mol. The zero-order valence-corrected chi connectivity index (χ0v) is 16.6. The molecule has 31 heavy (non-hydrogen) atoms. The standard InChI is InChI=1S/C19H17N5O7/c1-11-3-13(9-29-2)14(6-20)19(26)23(11)8-18(25)22-21-7-12-4-16-17(31-10-30-16)5-15(12)24(27)28/h3-5,7H,8-10H2,1-2H3,(H,22,25)/b21-7-. The summed E-state index contributed by atoms with van der Waals surface area (Å²) in [5.41, 5.74) is 2.19. The third kappa shape index (κ3) is 4.51. The van der Waals surface area contributed by atoms with Crippen molar-refractivity contribution in [3.63, 3.8) is 0 Å². The Morgan fingerprint density at radius 3 is 2.77 bits per heavy atom. The summed E-state index contributed by atoms with van der Waals surface area (Å²) >= 11 is 0. The molecule has 0 saturated heterocycles. The van der Waals surface area contributed by atoms with E-state index in [4.69, 9.17) is 14.2 Å².